The van der Waals surface area contributed by atoms with Crippen LogP contribution in [0.25, 0.3) is 54.6 Å². The number of ether oxygens (including phenoxy) is 1. The Balaban J connectivity index is 1.21. The number of hydrogen-bond acceptors (Lipinski definition) is 2. The van der Waals surface area contributed by atoms with E-state index >= 15 is 0 Å². The zero-order valence-electron chi connectivity index (χ0n) is 21.6. The van der Waals surface area contributed by atoms with Gasteiger partial charge in [-0.2, -0.15) is 0 Å². The summed E-state index contributed by atoms with van der Waals surface area (Å²) in [5.41, 5.74) is 7.10. The lowest BCUT2D eigenvalue weighted by Crippen LogP contribution is -2.08. The monoisotopic (exact) mass is 499 g/mol. The van der Waals surface area contributed by atoms with Gasteiger partial charge in [0.2, 0.25) is 0 Å². The van der Waals surface area contributed by atoms with Gasteiger partial charge in [-0.15, -0.1) is 0 Å². The third-order valence-corrected chi connectivity index (χ3v) is 8.03. The molecule has 184 valence electrons. The van der Waals surface area contributed by atoms with Gasteiger partial charge in [-0.1, -0.05) is 84.9 Å². The molecule has 8 rings (SSSR count). The molecule has 0 atom stereocenters. The highest BCUT2D eigenvalue weighted by molar-refractivity contribution is 6.16. The van der Waals surface area contributed by atoms with E-state index in [2.05, 4.69) is 139 Å². The molecule has 1 aliphatic rings. The van der Waals surface area contributed by atoms with Crippen molar-refractivity contribution in [2.75, 3.05) is 11.9 Å². The molecule has 7 aromatic carbocycles. The third kappa shape index (κ3) is 3.49. The standard InChI is InChI=1S/C37H25NO/c1-38(29-9-3-2-4-10-29)30-18-16-25-20-24(14-15-26(25)21-30)27-17-19-35-34(22-27)33-13-7-12-32-31-11-6-5-8-28(31)23-36(39-35)37(32)33/h2-23H,1H3. The van der Waals surface area contributed by atoms with E-state index in [0.717, 1.165) is 17.1 Å². The zero-order chi connectivity index (χ0) is 25.9. The van der Waals surface area contributed by atoms with Crippen molar-refractivity contribution in [1.82, 2.24) is 0 Å². The largest absolute Gasteiger partial charge is 0.456 e. The first-order valence-electron chi connectivity index (χ1n) is 13.3. The van der Waals surface area contributed by atoms with Crippen LogP contribution in [0.2, 0.25) is 0 Å². The Labute approximate surface area is 227 Å². The van der Waals surface area contributed by atoms with Crippen LogP contribution in [0.15, 0.2) is 133 Å². The van der Waals surface area contributed by atoms with Crippen LogP contribution in [0, 0.1) is 0 Å². The van der Waals surface area contributed by atoms with Gasteiger partial charge in [-0.3, -0.25) is 0 Å². The summed E-state index contributed by atoms with van der Waals surface area (Å²) in [6.07, 6.45) is 0. The van der Waals surface area contributed by atoms with Gasteiger partial charge in [0, 0.05) is 29.4 Å². The van der Waals surface area contributed by atoms with Crippen molar-refractivity contribution in [2.24, 2.45) is 0 Å². The number of benzene rings is 7. The minimum absolute atomic E-state index is 0.906. The van der Waals surface area contributed by atoms with E-state index in [1.54, 1.807) is 0 Å². The Morgan fingerprint density at radius 3 is 2.13 bits per heavy atom. The molecule has 0 saturated carbocycles. The molecule has 0 fully saturated rings. The summed E-state index contributed by atoms with van der Waals surface area (Å²) in [6.45, 7) is 0. The second-order valence-corrected chi connectivity index (χ2v) is 10.3. The smallest absolute Gasteiger partial charge is 0.136 e. The summed E-state index contributed by atoms with van der Waals surface area (Å²) in [6, 6.07) is 47.7. The maximum Gasteiger partial charge on any atom is 0.136 e. The number of anilines is 2. The average molecular weight is 500 g/mol. The van der Waals surface area contributed by atoms with Gasteiger partial charge in [-0.25, -0.2) is 0 Å². The lowest BCUT2D eigenvalue weighted by atomic mass is 9.90. The number of fused-ring (bicyclic) bond motifs is 5. The van der Waals surface area contributed by atoms with Crippen LogP contribution in [0.5, 0.6) is 11.5 Å². The first kappa shape index (κ1) is 22.0. The minimum Gasteiger partial charge on any atom is -0.456 e. The molecule has 0 bridgehead atoms. The Morgan fingerprint density at radius 1 is 0.462 bits per heavy atom. The van der Waals surface area contributed by atoms with Crippen LogP contribution >= 0.6 is 0 Å². The highest BCUT2D eigenvalue weighted by atomic mass is 16.5. The molecule has 0 unspecified atom stereocenters. The number of nitrogens with zero attached hydrogens (tertiary/aromatic N) is 1. The van der Waals surface area contributed by atoms with E-state index in [9.17, 15) is 0 Å². The summed E-state index contributed by atoms with van der Waals surface area (Å²) in [5.74, 6) is 1.84. The molecule has 1 aliphatic heterocycles. The number of para-hydroxylation sites is 1. The highest BCUT2D eigenvalue weighted by Crippen LogP contribution is 2.49. The summed E-state index contributed by atoms with van der Waals surface area (Å²) >= 11 is 0. The van der Waals surface area contributed by atoms with E-state index in [1.807, 2.05) is 6.07 Å². The van der Waals surface area contributed by atoms with Gasteiger partial charge in [0.1, 0.15) is 11.5 Å². The SMILES string of the molecule is CN(c1ccccc1)c1ccc2cc(-c3ccc4c(c3)-c3cccc5c3c(cc3ccccc35)O4)ccc2c1. The van der Waals surface area contributed by atoms with Crippen LogP contribution in [-0.2, 0) is 0 Å². The van der Waals surface area contributed by atoms with E-state index < -0.39 is 0 Å². The summed E-state index contributed by atoms with van der Waals surface area (Å²) in [5, 5.41) is 7.34. The van der Waals surface area contributed by atoms with Crippen LogP contribution in [-0.4, -0.2) is 7.05 Å². The highest BCUT2D eigenvalue weighted by Gasteiger charge is 2.22. The van der Waals surface area contributed by atoms with Crippen molar-refractivity contribution >= 4 is 43.7 Å². The van der Waals surface area contributed by atoms with Crippen molar-refractivity contribution in [2.45, 2.75) is 0 Å². The molecule has 2 nitrogen and oxygen atoms in total. The van der Waals surface area contributed by atoms with Crippen molar-refractivity contribution < 1.29 is 4.74 Å². The summed E-state index contributed by atoms with van der Waals surface area (Å²) < 4.78 is 6.49. The van der Waals surface area contributed by atoms with E-state index in [0.29, 0.717) is 0 Å². The molecular weight excluding hydrogens is 474 g/mol. The molecule has 1 heterocycles. The van der Waals surface area contributed by atoms with E-state index in [1.165, 1.54) is 60.4 Å². The van der Waals surface area contributed by atoms with Gasteiger partial charge in [0.05, 0.1) is 0 Å². The van der Waals surface area contributed by atoms with Crippen LogP contribution in [0.4, 0.5) is 11.4 Å². The molecule has 0 aromatic heterocycles. The van der Waals surface area contributed by atoms with Gasteiger partial charge in [0.25, 0.3) is 0 Å². The molecule has 0 amide bonds. The first-order valence-corrected chi connectivity index (χ1v) is 13.3. The van der Waals surface area contributed by atoms with Crippen molar-refractivity contribution in [3.8, 4) is 33.8 Å². The minimum atomic E-state index is 0.906. The fourth-order valence-corrected chi connectivity index (χ4v) is 5.98. The number of hydrogen-bond donors (Lipinski definition) is 0. The third-order valence-electron chi connectivity index (χ3n) is 8.03. The summed E-state index contributed by atoms with van der Waals surface area (Å²) in [7, 11) is 2.11. The maximum absolute atomic E-state index is 6.49. The predicted molar refractivity (Wildman–Crippen MR) is 164 cm³/mol. The van der Waals surface area contributed by atoms with Crippen molar-refractivity contribution in [3.05, 3.63) is 133 Å². The fraction of sp³-hybridized carbons (Fsp3) is 0.0270. The molecule has 0 radical (unpaired) electrons. The average Bonchev–Trinajstić information content (AvgIpc) is 3.00. The molecule has 0 N–H and O–H groups in total. The zero-order valence-corrected chi connectivity index (χ0v) is 21.6. The first-order chi connectivity index (χ1) is 19.2. The number of rotatable bonds is 3. The van der Waals surface area contributed by atoms with Crippen LogP contribution < -0.4 is 9.64 Å². The van der Waals surface area contributed by atoms with Gasteiger partial charge >= 0.3 is 0 Å². The lowest BCUT2D eigenvalue weighted by Gasteiger charge is -2.23. The molecule has 7 aromatic rings. The summed E-state index contributed by atoms with van der Waals surface area (Å²) in [4.78, 5) is 2.22. The molecule has 0 spiro atoms. The van der Waals surface area contributed by atoms with Crippen molar-refractivity contribution in [3.63, 3.8) is 0 Å². The Bertz CT molecular complexity index is 2060. The van der Waals surface area contributed by atoms with Crippen LogP contribution in [0.3, 0.4) is 0 Å². The van der Waals surface area contributed by atoms with Gasteiger partial charge in [0.15, 0.2) is 0 Å². The topological polar surface area (TPSA) is 12.5 Å². The Hall–Kier alpha value is -5.08. The molecule has 0 aliphatic carbocycles. The second-order valence-electron chi connectivity index (χ2n) is 10.3. The Morgan fingerprint density at radius 2 is 1.21 bits per heavy atom. The van der Waals surface area contributed by atoms with Gasteiger partial charge in [-0.05, 0) is 92.2 Å². The Kier molecular flexibility index (Phi) is 4.77. The van der Waals surface area contributed by atoms with Gasteiger partial charge < -0.3 is 9.64 Å². The fourth-order valence-electron chi connectivity index (χ4n) is 5.98. The molecule has 0 saturated heterocycles. The van der Waals surface area contributed by atoms with E-state index in [-0.39, 0.29) is 0 Å². The predicted octanol–water partition coefficient (Wildman–Crippen LogP) is 10.4. The van der Waals surface area contributed by atoms with Crippen LogP contribution in [0.1, 0.15) is 0 Å². The van der Waals surface area contributed by atoms with E-state index in [4.69, 9.17) is 4.74 Å². The quantitative estimate of drug-likeness (QED) is 0.224. The molecule has 2 heteroatoms. The normalized spacial score (nSPS) is 11.9. The lowest BCUT2D eigenvalue weighted by molar-refractivity contribution is 0.488. The molecule has 39 heavy (non-hydrogen) atoms. The van der Waals surface area contributed by atoms with Crippen molar-refractivity contribution in [1.29, 1.82) is 0 Å². The molecular formula is C37H25NO. The second kappa shape index (κ2) is 8.47. The maximum atomic E-state index is 6.49.